The molecule has 9 nitrogen and oxygen atoms in total. The van der Waals surface area contributed by atoms with Gasteiger partial charge in [-0.1, -0.05) is 29.3 Å². The number of hydrogen-bond acceptors (Lipinski definition) is 7. The summed E-state index contributed by atoms with van der Waals surface area (Å²) < 4.78 is 5.23. The summed E-state index contributed by atoms with van der Waals surface area (Å²) in [4.78, 5) is 41.8. The zero-order chi connectivity index (χ0) is 30.8. The number of amides is 2. The van der Waals surface area contributed by atoms with Crippen molar-refractivity contribution in [1.82, 2.24) is 15.6 Å². The van der Waals surface area contributed by atoms with Gasteiger partial charge in [-0.2, -0.15) is 0 Å². The lowest BCUT2D eigenvalue weighted by Gasteiger charge is -2.31. The largest absolute Gasteiger partial charge is 0.505 e. The lowest BCUT2D eigenvalue weighted by Crippen LogP contribution is -2.47. The van der Waals surface area contributed by atoms with Crippen molar-refractivity contribution in [2.45, 2.75) is 84.0 Å². The quantitative estimate of drug-likeness (QED) is 0.214. The average molecular weight is 616 g/mol. The molecule has 0 bridgehead atoms. The van der Waals surface area contributed by atoms with Crippen LogP contribution in [0.1, 0.15) is 70.7 Å². The average Bonchev–Trinajstić information content (AvgIpc) is 2.91. The number of nitrogens with one attached hydrogen (secondary N) is 3. The molecular weight excluding hydrogens is 579 g/mol. The van der Waals surface area contributed by atoms with Crippen molar-refractivity contribution >= 4 is 57.6 Å². The number of hydrogen-bond donors (Lipinski definition) is 4. The molecule has 11 heteroatoms. The molecule has 2 amide bonds. The van der Waals surface area contributed by atoms with Crippen LogP contribution in [0.5, 0.6) is 5.75 Å². The molecule has 0 aliphatic heterocycles. The van der Waals surface area contributed by atoms with Crippen molar-refractivity contribution in [3.63, 3.8) is 0 Å². The molecule has 4 N–H and O–H groups in total. The van der Waals surface area contributed by atoms with E-state index in [1.54, 1.807) is 25.3 Å². The van der Waals surface area contributed by atoms with Gasteiger partial charge in [0.2, 0.25) is 0 Å². The first-order chi connectivity index (χ1) is 19.7. The van der Waals surface area contributed by atoms with Crippen molar-refractivity contribution < 1.29 is 24.2 Å². The van der Waals surface area contributed by atoms with Crippen LogP contribution >= 0.6 is 23.2 Å². The summed E-state index contributed by atoms with van der Waals surface area (Å²) >= 11 is 12.3. The smallest absolute Gasteiger partial charge is 0.408 e. The van der Waals surface area contributed by atoms with Gasteiger partial charge in [0.25, 0.3) is 5.91 Å². The second-order valence-electron chi connectivity index (χ2n) is 11.7. The van der Waals surface area contributed by atoms with Crippen molar-refractivity contribution in [3.8, 4) is 16.9 Å². The summed E-state index contributed by atoms with van der Waals surface area (Å²) in [5, 5.41) is 20.3. The molecule has 1 aliphatic rings. The Morgan fingerprint density at radius 1 is 1.00 bits per heavy atom. The molecule has 3 aromatic rings. The van der Waals surface area contributed by atoms with E-state index in [9.17, 15) is 19.5 Å². The zero-order valence-corrected chi connectivity index (χ0v) is 25.8. The van der Waals surface area contributed by atoms with E-state index in [1.807, 2.05) is 39.0 Å². The molecule has 0 spiro atoms. The van der Waals surface area contributed by atoms with E-state index in [2.05, 4.69) is 20.9 Å². The molecule has 0 saturated heterocycles. The number of aromatic nitrogens is 1. The van der Waals surface area contributed by atoms with Crippen LogP contribution in [0.3, 0.4) is 0 Å². The Morgan fingerprint density at radius 3 is 2.21 bits per heavy atom. The van der Waals surface area contributed by atoms with Crippen molar-refractivity contribution in [2.75, 3.05) is 5.32 Å². The number of alkyl carbamates (subject to hydrolysis) is 1. The molecule has 4 rings (SSSR count). The van der Waals surface area contributed by atoms with E-state index in [1.165, 1.54) is 6.92 Å². The molecule has 1 fully saturated rings. The summed E-state index contributed by atoms with van der Waals surface area (Å²) in [6.07, 6.45) is 2.99. The van der Waals surface area contributed by atoms with Gasteiger partial charge >= 0.3 is 6.09 Å². The monoisotopic (exact) mass is 614 g/mol. The summed E-state index contributed by atoms with van der Waals surface area (Å²) in [5.41, 5.74) is 2.95. The maximum Gasteiger partial charge on any atom is 0.408 e. The van der Waals surface area contributed by atoms with Crippen LogP contribution in [-0.2, 0) is 9.53 Å². The number of pyridine rings is 1. The van der Waals surface area contributed by atoms with Gasteiger partial charge in [0.05, 0.1) is 26.8 Å². The molecule has 1 saturated carbocycles. The Labute approximate surface area is 255 Å². The van der Waals surface area contributed by atoms with E-state index in [4.69, 9.17) is 27.9 Å². The van der Waals surface area contributed by atoms with E-state index in [-0.39, 0.29) is 39.6 Å². The van der Waals surface area contributed by atoms with Gasteiger partial charge in [-0.05, 0) is 95.7 Å². The maximum absolute atomic E-state index is 12.7. The Balaban J connectivity index is 1.47. The number of aromatic hydroxyl groups is 1. The van der Waals surface area contributed by atoms with Crippen molar-refractivity contribution in [3.05, 3.63) is 52.1 Å². The van der Waals surface area contributed by atoms with Gasteiger partial charge in [0.1, 0.15) is 0 Å². The van der Waals surface area contributed by atoms with E-state index >= 15 is 0 Å². The minimum Gasteiger partial charge on any atom is -0.505 e. The van der Waals surface area contributed by atoms with Crippen molar-refractivity contribution in [2.24, 2.45) is 0 Å². The minimum absolute atomic E-state index is 0.0515. The minimum atomic E-state index is -0.919. The highest BCUT2D eigenvalue weighted by molar-refractivity contribution is 6.37. The molecule has 1 aliphatic carbocycles. The SMILES string of the molecule is CC(=O)c1cnc2ccc(-c3cc(Cl)c(O)c(Cl)c3)cc2c1NC1CCC(NC(=O)C(C)OC(=O)NC(C)(C)C)CC1. The van der Waals surface area contributed by atoms with Crippen LogP contribution in [0.2, 0.25) is 10.0 Å². The number of anilines is 1. The van der Waals surface area contributed by atoms with Gasteiger partial charge in [-0.25, -0.2) is 4.79 Å². The number of phenols is 1. The number of ketones is 1. The molecule has 0 radical (unpaired) electrons. The number of phenolic OH excluding ortho intramolecular Hbond substituents is 1. The van der Waals surface area contributed by atoms with Gasteiger partial charge in [0, 0.05) is 29.2 Å². The number of fused-ring (bicyclic) bond motifs is 1. The highest BCUT2D eigenvalue weighted by Crippen LogP contribution is 2.38. The number of benzene rings is 2. The number of halogens is 2. The Kier molecular flexibility index (Phi) is 9.53. The molecular formula is C31H36Cl2N4O5. The van der Waals surface area contributed by atoms with E-state index < -0.39 is 17.7 Å². The Hall–Kier alpha value is -3.56. The maximum atomic E-state index is 12.7. The highest BCUT2D eigenvalue weighted by atomic mass is 35.5. The standard InChI is InChI=1S/C31H36Cl2N4O5/c1-16(38)23-15-34-26-11-6-18(19-13-24(32)28(39)25(33)14-19)12-22(26)27(23)35-20-7-9-21(10-8-20)36-29(40)17(2)42-30(41)37-31(3,4)5/h6,11-15,17,20-21,39H,7-10H2,1-5H3,(H,34,35)(H,36,40)(H,37,41). The summed E-state index contributed by atoms with van der Waals surface area (Å²) in [7, 11) is 0. The first-order valence-corrected chi connectivity index (χ1v) is 14.6. The number of carbonyl (C=O) groups excluding carboxylic acids is 3. The molecule has 1 unspecified atom stereocenters. The number of rotatable bonds is 7. The summed E-state index contributed by atoms with van der Waals surface area (Å²) in [6.45, 7) is 8.56. The first kappa shape index (κ1) is 31.4. The zero-order valence-electron chi connectivity index (χ0n) is 24.3. The molecule has 1 aromatic heterocycles. The van der Waals surface area contributed by atoms with E-state index in [0.29, 0.717) is 22.3 Å². The third kappa shape index (κ3) is 7.63. The topological polar surface area (TPSA) is 130 Å². The van der Waals surface area contributed by atoms with Crippen LogP contribution < -0.4 is 16.0 Å². The predicted octanol–water partition coefficient (Wildman–Crippen LogP) is 6.87. The Bertz CT molecular complexity index is 1490. The van der Waals surface area contributed by atoms with Crippen LogP contribution in [-0.4, -0.2) is 51.6 Å². The highest BCUT2D eigenvalue weighted by Gasteiger charge is 2.27. The van der Waals surface area contributed by atoms with Gasteiger partial charge in [-0.15, -0.1) is 0 Å². The molecule has 42 heavy (non-hydrogen) atoms. The third-order valence-electron chi connectivity index (χ3n) is 7.15. The third-order valence-corrected chi connectivity index (χ3v) is 7.73. The fraction of sp³-hybridized carbons (Fsp3) is 0.419. The van der Waals surface area contributed by atoms with Crippen LogP contribution in [0.4, 0.5) is 10.5 Å². The van der Waals surface area contributed by atoms with Crippen LogP contribution in [0.25, 0.3) is 22.0 Å². The molecule has 224 valence electrons. The summed E-state index contributed by atoms with van der Waals surface area (Å²) in [5.74, 6) is -0.625. The number of nitrogens with zero attached hydrogens (tertiary/aromatic N) is 1. The second-order valence-corrected chi connectivity index (χ2v) is 12.6. The number of carbonyl (C=O) groups is 3. The lowest BCUT2D eigenvalue weighted by atomic mass is 9.90. The second kappa shape index (κ2) is 12.8. The van der Waals surface area contributed by atoms with Crippen LogP contribution in [0, 0.1) is 0 Å². The fourth-order valence-corrected chi connectivity index (χ4v) is 5.47. The number of Topliss-reactive ketones (excluding diaryl/α,β-unsaturated/α-hetero) is 1. The normalized spacial score (nSPS) is 17.8. The fourth-order valence-electron chi connectivity index (χ4n) is 4.98. The molecule has 2 aromatic carbocycles. The molecule has 1 heterocycles. The summed E-state index contributed by atoms with van der Waals surface area (Å²) in [6, 6.07) is 8.97. The molecule has 1 atom stereocenters. The Morgan fingerprint density at radius 2 is 1.62 bits per heavy atom. The predicted molar refractivity (Wildman–Crippen MR) is 166 cm³/mol. The van der Waals surface area contributed by atoms with Crippen molar-refractivity contribution in [1.29, 1.82) is 0 Å². The first-order valence-electron chi connectivity index (χ1n) is 13.9. The number of ether oxygens (including phenoxy) is 1. The van der Waals surface area contributed by atoms with Gasteiger partial charge < -0.3 is 25.8 Å². The van der Waals surface area contributed by atoms with Gasteiger partial charge in [0.15, 0.2) is 17.6 Å². The van der Waals surface area contributed by atoms with E-state index in [0.717, 1.165) is 36.6 Å². The van der Waals surface area contributed by atoms with Gasteiger partial charge in [-0.3, -0.25) is 14.6 Å². The lowest BCUT2D eigenvalue weighted by molar-refractivity contribution is -0.129. The van der Waals surface area contributed by atoms with Crippen LogP contribution in [0.15, 0.2) is 36.5 Å².